The molecule has 2 aromatic heterocycles. The molecule has 0 aliphatic carbocycles. The first-order chi connectivity index (χ1) is 9.24. The highest BCUT2D eigenvalue weighted by atomic mass is 32.1. The zero-order chi connectivity index (χ0) is 13.2. The van der Waals surface area contributed by atoms with E-state index in [2.05, 4.69) is 15.3 Å². The number of aromatic nitrogens is 2. The average molecular weight is 286 g/mol. The van der Waals surface area contributed by atoms with Crippen LogP contribution in [-0.2, 0) is 0 Å². The Kier molecular flexibility index (Phi) is 3.10. The number of nitrogens with one attached hydrogen (secondary N) is 1. The van der Waals surface area contributed by atoms with Crippen LogP contribution < -0.4 is 11.1 Å². The van der Waals surface area contributed by atoms with Crippen molar-refractivity contribution in [2.24, 2.45) is 5.73 Å². The van der Waals surface area contributed by atoms with Gasteiger partial charge < -0.3 is 11.1 Å². The summed E-state index contributed by atoms with van der Waals surface area (Å²) in [5.74, 6) is 0.666. The van der Waals surface area contributed by atoms with Gasteiger partial charge in [0.2, 0.25) is 0 Å². The SMILES string of the molecule is NC(=S)c1cccnc1Nc1ccc2ncsc2c1. The second-order valence-corrected chi connectivity index (χ2v) is 5.25. The van der Waals surface area contributed by atoms with Gasteiger partial charge in [-0.3, -0.25) is 0 Å². The fourth-order valence-corrected chi connectivity index (χ4v) is 2.65. The molecule has 0 radical (unpaired) electrons. The van der Waals surface area contributed by atoms with Gasteiger partial charge in [-0.05, 0) is 30.3 Å². The Labute approximate surface area is 119 Å². The molecule has 0 saturated carbocycles. The number of benzene rings is 1. The largest absolute Gasteiger partial charge is 0.389 e. The van der Waals surface area contributed by atoms with Crippen LogP contribution in [0.2, 0.25) is 0 Å². The third-order valence-electron chi connectivity index (χ3n) is 2.67. The molecule has 0 atom stereocenters. The van der Waals surface area contributed by atoms with Gasteiger partial charge in [-0.25, -0.2) is 9.97 Å². The minimum Gasteiger partial charge on any atom is -0.389 e. The number of pyridine rings is 1. The number of nitrogens with zero attached hydrogens (tertiary/aromatic N) is 2. The second kappa shape index (κ2) is 4.91. The van der Waals surface area contributed by atoms with Gasteiger partial charge in [0.05, 0.1) is 21.3 Å². The molecule has 0 saturated heterocycles. The summed E-state index contributed by atoms with van der Waals surface area (Å²) in [6.45, 7) is 0. The number of anilines is 2. The lowest BCUT2D eigenvalue weighted by atomic mass is 10.2. The number of hydrogen-bond acceptors (Lipinski definition) is 5. The van der Waals surface area contributed by atoms with Gasteiger partial charge in [-0.1, -0.05) is 12.2 Å². The predicted octanol–water partition coefficient (Wildman–Crippen LogP) is 3.07. The predicted molar refractivity (Wildman–Crippen MR) is 83.0 cm³/mol. The van der Waals surface area contributed by atoms with Crippen molar-refractivity contribution in [3.8, 4) is 0 Å². The molecule has 0 aliphatic heterocycles. The molecule has 0 bridgehead atoms. The molecule has 3 aromatic rings. The zero-order valence-electron chi connectivity index (χ0n) is 9.83. The van der Waals surface area contributed by atoms with Crippen LogP contribution in [0.3, 0.4) is 0 Å². The molecule has 0 unspecified atom stereocenters. The van der Waals surface area contributed by atoms with E-state index < -0.39 is 0 Å². The van der Waals surface area contributed by atoms with Crippen molar-refractivity contribution in [2.45, 2.75) is 0 Å². The van der Waals surface area contributed by atoms with Crippen molar-refractivity contribution in [3.63, 3.8) is 0 Å². The van der Waals surface area contributed by atoms with E-state index in [-0.39, 0.29) is 0 Å². The Bertz CT molecular complexity index is 751. The summed E-state index contributed by atoms with van der Waals surface area (Å²) < 4.78 is 1.12. The lowest BCUT2D eigenvalue weighted by Crippen LogP contribution is -2.12. The van der Waals surface area contributed by atoms with Crippen LogP contribution in [0, 0.1) is 0 Å². The van der Waals surface area contributed by atoms with Crippen molar-refractivity contribution in [3.05, 3.63) is 47.6 Å². The maximum absolute atomic E-state index is 5.69. The van der Waals surface area contributed by atoms with E-state index in [0.29, 0.717) is 10.8 Å². The van der Waals surface area contributed by atoms with Crippen molar-refractivity contribution in [2.75, 3.05) is 5.32 Å². The summed E-state index contributed by atoms with van der Waals surface area (Å²) >= 11 is 6.62. The highest BCUT2D eigenvalue weighted by molar-refractivity contribution is 7.80. The molecule has 4 nitrogen and oxygen atoms in total. The molecule has 0 amide bonds. The van der Waals surface area contributed by atoms with Crippen LogP contribution in [0.25, 0.3) is 10.2 Å². The third kappa shape index (κ3) is 2.40. The molecular weight excluding hydrogens is 276 g/mol. The molecule has 94 valence electrons. The van der Waals surface area contributed by atoms with Gasteiger partial charge in [-0.15, -0.1) is 11.3 Å². The van der Waals surface area contributed by atoms with Crippen molar-refractivity contribution in [1.29, 1.82) is 0 Å². The summed E-state index contributed by atoms with van der Waals surface area (Å²) in [5.41, 5.74) is 10.2. The quantitative estimate of drug-likeness (QED) is 0.724. The maximum atomic E-state index is 5.69. The zero-order valence-corrected chi connectivity index (χ0v) is 11.5. The molecular formula is C13H10N4S2. The van der Waals surface area contributed by atoms with E-state index in [4.69, 9.17) is 18.0 Å². The van der Waals surface area contributed by atoms with Crippen molar-refractivity contribution in [1.82, 2.24) is 9.97 Å². The Hall–Kier alpha value is -2.05. The fourth-order valence-electron chi connectivity index (χ4n) is 1.77. The Morgan fingerprint density at radius 1 is 1.26 bits per heavy atom. The van der Waals surface area contributed by atoms with E-state index in [1.54, 1.807) is 17.5 Å². The summed E-state index contributed by atoms with van der Waals surface area (Å²) in [7, 11) is 0. The maximum Gasteiger partial charge on any atom is 0.140 e. The molecule has 3 N–H and O–H groups in total. The number of fused-ring (bicyclic) bond motifs is 1. The summed E-state index contributed by atoms with van der Waals surface area (Å²) in [6, 6.07) is 9.62. The molecule has 1 aromatic carbocycles. The number of thiazole rings is 1. The Morgan fingerprint density at radius 2 is 2.16 bits per heavy atom. The standard InChI is InChI=1S/C13H10N4S2/c14-12(18)9-2-1-5-15-13(9)17-8-3-4-10-11(6-8)19-7-16-10/h1-7H,(H2,14,18)(H,15,17). The smallest absolute Gasteiger partial charge is 0.140 e. The first kappa shape index (κ1) is 12.0. The summed E-state index contributed by atoms with van der Waals surface area (Å²) in [6.07, 6.45) is 1.70. The average Bonchev–Trinajstić information content (AvgIpc) is 2.86. The van der Waals surface area contributed by atoms with E-state index >= 15 is 0 Å². The van der Waals surface area contributed by atoms with Gasteiger partial charge in [-0.2, -0.15) is 0 Å². The number of rotatable bonds is 3. The molecule has 0 aliphatic rings. The summed E-state index contributed by atoms with van der Waals surface area (Å²) in [4.78, 5) is 8.85. The molecule has 2 heterocycles. The fraction of sp³-hybridized carbons (Fsp3) is 0. The van der Waals surface area contributed by atoms with Crippen LogP contribution in [0.5, 0.6) is 0 Å². The second-order valence-electron chi connectivity index (χ2n) is 3.92. The topological polar surface area (TPSA) is 63.8 Å². The van der Waals surface area contributed by atoms with Crippen LogP contribution in [0.1, 0.15) is 5.56 Å². The minimum absolute atomic E-state index is 0.328. The van der Waals surface area contributed by atoms with Gasteiger partial charge in [0.25, 0.3) is 0 Å². The van der Waals surface area contributed by atoms with E-state index in [1.807, 2.05) is 35.8 Å². The molecule has 0 spiro atoms. The molecule has 3 rings (SSSR count). The first-order valence-corrected chi connectivity index (χ1v) is 6.88. The lowest BCUT2D eigenvalue weighted by Gasteiger charge is -2.09. The minimum atomic E-state index is 0.328. The first-order valence-electron chi connectivity index (χ1n) is 5.59. The highest BCUT2D eigenvalue weighted by Crippen LogP contribution is 2.24. The number of hydrogen-bond donors (Lipinski definition) is 2. The summed E-state index contributed by atoms with van der Waals surface area (Å²) in [5, 5.41) is 3.24. The lowest BCUT2D eigenvalue weighted by molar-refractivity contribution is 1.30. The van der Waals surface area contributed by atoms with Gasteiger partial charge in [0, 0.05) is 11.9 Å². The van der Waals surface area contributed by atoms with E-state index in [0.717, 1.165) is 21.5 Å². The Balaban J connectivity index is 1.98. The number of thiocarbonyl (C=S) groups is 1. The van der Waals surface area contributed by atoms with Gasteiger partial charge in [0.1, 0.15) is 10.8 Å². The molecule has 6 heteroatoms. The molecule has 19 heavy (non-hydrogen) atoms. The van der Waals surface area contributed by atoms with Gasteiger partial charge in [0.15, 0.2) is 0 Å². The van der Waals surface area contributed by atoms with Gasteiger partial charge >= 0.3 is 0 Å². The third-order valence-corrected chi connectivity index (χ3v) is 3.68. The van der Waals surface area contributed by atoms with Crippen LogP contribution in [-0.4, -0.2) is 15.0 Å². The highest BCUT2D eigenvalue weighted by Gasteiger charge is 2.06. The van der Waals surface area contributed by atoms with E-state index in [1.165, 1.54) is 0 Å². The van der Waals surface area contributed by atoms with Crippen LogP contribution in [0.4, 0.5) is 11.5 Å². The van der Waals surface area contributed by atoms with E-state index in [9.17, 15) is 0 Å². The normalized spacial score (nSPS) is 10.5. The van der Waals surface area contributed by atoms with Crippen molar-refractivity contribution >= 4 is 50.3 Å². The monoisotopic (exact) mass is 286 g/mol. The molecule has 0 fully saturated rings. The van der Waals surface area contributed by atoms with Crippen molar-refractivity contribution < 1.29 is 0 Å². The van der Waals surface area contributed by atoms with Crippen LogP contribution >= 0.6 is 23.6 Å². The van der Waals surface area contributed by atoms with Crippen LogP contribution in [0.15, 0.2) is 42.0 Å². The number of nitrogens with two attached hydrogens (primary N) is 1. The Morgan fingerprint density at radius 3 is 3.00 bits per heavy atom.